The molecule has 4 N–H and O–H groups in total. The summed E-state index contributed by atoms with van der Waals surface area (Å²) in [6.07, 6.45) is 0.227. The monoisotopic (exact) mass is 777 g/mol. The molecule has 0 fully saturated rings. The summed E-state index contributed by atoms with van der Waals surface area (Å²) in [6.45, 7) is 3.92. The average Bonchev–Trinajstić information content (AvgIpc) is 3.24. The molecular formula is C46H35N9O4. The Kier molecular flexibility index (Phi) is 10.5. The fourth-order valence-electron chi connectivity index (χ4n) is 6.35. The maximum absolute atomic E-state index is 14.0. The zero-order valence-corrected chi connectivity index (χ0v) is 31.8. The molecule has 0 aliphatic heterocycles. The van der Waals surface area contributed by atoms with Crippen LogP contribution in [0, 0.1) is 13.8 Å². The van der Waals surface area contributed by atoms with Crippen LogP contribution in [0.25, 0.3) is 21.5 Å². The molecule has 59 heavy (non-hydrogen) atoms. The first-order valence-corrected chi connectivity index (χ1v) is 18.6. The Hall–Kier alpha value is -8.19. The van der Waals surface area contributed by atoms with Gasteiger partial charge in [-0.05, 0) is 66.6 Å². The lowest BCUT2D eigenvalue weighted by atomic mass is 10.0. The van der Waals surface area contributed by atoms with Gasteiger partial charge >= 0.3 is 0 Å². The number of carbonyl (C=O) groups excluding carboxylic acids is 2. The molecule has 0 saturated heterocycles. The summed E-state index contributed by atoms with van der Waals surface area (Å²) in [7, 11) is 0. The highest BCUT2D eigenvalue weighted by Gasteiger charge is 2.23. The van der Waals surface area contributed by atoms with Gasteiger partial charge in [-0.25, -0.2) is 0 Å². The van der Waals surface area contributed by atoms with Crippen molar-refractivity contribution < 1.29 is 19.8 Å². The first-order valence-electron chi connectivity index (χ1n) is 18.6. The third-order valence-electron chi connectivity index (χ3n) is 9.42. The molecule has 288 valence electrons. The Balaban J connectivity index is 1.13. The molecular weight excluding hydrogens is 743 g/mol. The quantitative estimate of drug-likeness (QED) is 0.0994. The molecule has 0 aliphatic carbocycles. The van der Waals surface area contributed by atoms with Gasteiger partial charge in [0.15, 0.2) is 11.5 Å². The molecule has 0 saturated carbocycles. The molecule has 0 bridgehead atoms. The van der Waals surface area contributed by atoms with Gasteiger partial charge in [-0.1, -0.05) is 114 Å². The molecule has 13 heteroatoms. The number of hydrogen-bond donors (Lipinski definition) is 4. The Morgan fingerprint density at radius 3 is 1.41 bits per heavy atom. The van der Waals surface area contributed by atoms with Gasteiger partial charge in [0.2, 0.25) is 11.9 Å². The van der Waals surface area contributed by atoms with Crippen LogP contribution in [0.2, 0.25) is 0 Å². The van der Waals surface area contributed by atoms with Crippen LogP contribution in [-0.4, -0.2) is 37.0 Å². The van der Waals surface area contributed by atoms with Crippen LogP contribution in [0.5, 0.6) is 11.5 Å². The number of aryl methyl sites for hydroxylation is 2. The third kappa shape index (κ3) is 8.49. The number of aromatic hydroxyl groups is 2. The van der Waals surface area contributed by atoms with E-state index in [0.717, 1.165) is 16.7 Å². The molecule has 0 radical (unpaired) electrons. The van der Waals surface area contributed by atoms with Crippen molar-refractivity contribution in [2.24, 2.45) is 20.5 Å². The second-order valence-electron chi connectivity index (χ2n) is 13.7. The van der Waals surface area contributed by atoms with Crippen LogP contribution in [-0.2, 0) is 6.42 Å². The fourth-order valence-corrected chi connectivity index (χ4v) is 6.35. The summed E-state index contributed by atoms with van der Waals surface area (Å²) in [5.74, 6) is -2.45. The third-order valence-corrected chi connectivity index (χ3v) is 9.42. The molecule has 0 aliphatic rings. The molecule has 0 atom stereocenters. The molecule has 1 aromatic heterocycles. The summed E-state index contributed by atoms with van der Waals surface area (Å²) in [5, 5.41) is 48.1. The first-order chi connectivity index (χ1) is 28.7. The van der Waals surface area contributed by atoms with E-state index in [1.807, 2.05) is 80.6 Å². The van der Waals surface area contributed by atoms with Crippen molar-refractivity contribution in [3.63, 3.8) is 0 Å². The first kappa shape index (κ1) is 37.7. The maximum atomic E-state index is 14.0. The second kappa shape index (κ2) is 16.5. The number of anilines is 2. The maximum Gasteiger partial charge on any atom is 0.261 e. The van der Waals surface area contributed by atoms with Gasteiger partial charge in [0, 0.05) is 17.2 Å². The molecule has 0 spiro atoms. The number of phenolic OH excluding ortho intramolecular Hbond substituents is 2. The van der Waals surface area contributed by atoms with Crippen LogP contribution >= 0.6 is 0 Å². The zero-order valence-electron chi connectivity index (χ0n) is 31.8. The Morgan fingerprint density at radius 1 is 0.525 bits per heavy atom. The van der Waals surface area contributed by atoms with Crippen molar-refractivity contribution >= 4 is 68.0 Å². The highest BCUT2D eigenvalue weighted by atomic mass is 16.3. The molecule has 1 heterocycles. The summed E-state index contributed by atoms with van der Waals surface area (Å²) in [5.41, 5.74) is 4.11. The van der Waals surface area contributed by atoms with Crippen LogP contribution in [0.4, 0.5) is 34.6 Å². The molecule has 8 aromatic rings. The SMILES string of the molecule is Cc1ccc(N=Nc2c(O)c(C(=O)Nc3nc(Cc4ccccc4)nc(NC(=O)c4cc5ccccc5c(N=Nc5ccc(C)cc5)c4O)n3)cc3ccccc23)cc1. The number of carbonyl (C=O) groups is 2. The number of fused-ring (bicyclic) bond motifs is 2. The minimum Gasteiger partial charge on any atom is -0.505 e. The van der Waals surface area contributed by atoms with Crippen LogP contribution in [0.3, 0.4) is 0 Å². The van der Waals surface area contributed by atoms with Gasteiger partial charge in [0.05, 0.1) is 22.5 Å². The average molecular weight is 778 g/mol. The Labute approximate surface area is 337 Å². The predicted octanol–water partition coefficient (Wildman–Crippen LogP) is 11.1. The van der Waals surface area contributed by atoms with Gasteiger partial charge in [0.25, 0.3) is 11.8 Å². The number of benzene rings is 7. The Morgan fingerprint density at radius 2 is 0.949 bits per heavy atom. The van der Waals surface area contributed by atoms with E-state index in [0.29, 0.717) is 32.9 Å². The van der Waals surface area contributed by atoms with Gasteiger partial charge in [0.1, 0.15) is 17.2 Å². The van der Waals surface area contributed by atoms with Crippen molar-refractivity contribution in [2.45, 2.75) is 20.3 Å². The normalized spacial score (nSPS) is 11.4. The highest BCUT2D eigenvalue weighted by molar-refractivity contribution is 6.12. The summed E-state index contributed by atoms with van der Waals surface area (Å²) in [4.78, 5) is 41.3. The molecule has 8 rings (SSSR count). The predicted molar refractivity (Wildman–Crippen MR) is 227 cm³/mol. The number of azo groups is 2. The molecule has 7 aromatic carbocycles. The number of nitrogens with one attached hydrogen (secondary N) is 2. The van der Waals surface area contributed by atoms with Crippen molar-refractivity contribution in [1.82, 2.24) is 15.0 Å². The smallest absolute Gasteiger partial charge is 0.261 e. The van der Waals surface area contributed by atoms with E-state index < -0.39 is 23.3 Å². The van der Waals surface area contributed by atoms with E-state index in [2.05, 4.69) is 46.0 Å². The Bertz CT molecular complexity index is 2760. The van der Waals surface area contributed by atoms with Gasteiger partial charge in [-0.15, -0.1) is 10.2 Å². The van der Waals surface area contributed by atoms with Crippen LogP contribution in [0.15, 0.2) is 160 Å². The van der Waals surface area contributed by atoms with Gasteiger partial charge in [-0.2, -0.15) is 25.2 Å². The van der Waals surface area contributed by atoms with Crippen molar-refractivity contribution in [3.05, 3.63) is 173 Å². The number of phenols is 2. The lowest BCUT2D eigenvalue weighted by molar-refractivity contribution is 0.101. The minimum atomic E-state index is -0.745. The largest absolute Gasteiger partial charge is 0.505 e. The zero-order chi connectivity index (χ0) is 40.9. The fraction of sp³-hybridized carbons (Fsp3) is 0.0652. The summed E-state index contributed by atoms with van der Waals surface area (Å²) >= 11 is 0. The number of amides is 2. The van der Waals surface area contributed by atoms with E-state index in [1.54, 1.807) is 60.7 Å². The minimum absolute atomic E-state index is 0.106. The number of nitrogens with zero attached hydrogens (tertiary/aromatic N) is 7. The van der Waals surface area contributed by atoms with E-state index in [1.165, 1.54) is 12.1 Å². The molecule has 2 amide bonds. The topological polar surface area (TPSA) is 187 Å². The van der Waals surface area contributed by atoms with Gasteiger partial charge in [-0.3, -0.25) is 20.2 Å². The molecule has 13 nitrogen and oxygen atoms in total. The second-order valence-corrected chi connectivity index (χ2v) is 13.7. The van der Waals surface area contributed by atoms with E-state index in [-0.39, 0.29) is 46.6 Å². The number of rotatable bonds is 10. The standard InChI is InChI=1S/C46H35N9O4/c1-27-16-20-32(21-17-27)52-54-39-34-14-8-6-12-30(34)25-36(41(39)56)43(58)49-45-47-38(24-29-10-4-3-5-11-29)48-46(51-45)50-44(59)37-26-31-13-7-9-15-35(31)40(42(37)57)55-53-33-22-18-28(2)19-23-33/h3-23,25-26,56-57H,24H2,1-2H3,(H2,47,48,49,50,51,58,59). The lowest BCUT2D eigenvalue weighted by Crippen LogP contribution is -2.19. The van der Waals surface area contributed by atoms with Gasteiger partial charge < -0.3 is 10.2 Å². The van der Waals surface area contributed by atoms with Crippen LogP contribution in [0.1, 0.15) is 43.2 Å². The van der Waals surface area contributed by atoms with E-state index >= 15 is 0 Å². The highest BCUT2D eigenvalue weighted by Crippen LogP contribution is 2.41. The number of hydrogen-bond acceptors (Lipinski definition) is 11. The van der Waals surface area contributed by atoms with Crippen molar-refractivity contribution in [1.29, 1.82) is 0 Å². The van der Waals surface area contributed by atoms with E-state index in [9.17, 15) is 19.8 Å². The lowest BCUT2D eigenvalue weighted by Gasteiger charge is -2.13. The van der Waals surface area contributed by atoms with E-state index in [4.69, 9.17) is 0 Å². The number of aromatic nitrogens is 3. The summed E-state index contributed by atoms with van der Waals surface area (Å²) < 4.78 is 0. The summed E-state index contributed by atoms with van der Waals surface area (Å²) in [6, 6.07) is 41.6. The van der Waals surface area contributed by atoms with Crippen molar-refractivity contribution in [2.75, 3.05) is 10.6 Å². The van der Waals surface area contributed by atoms with Crippen molar-refractivity contribution in [3.8, 4) is 11.5 Å². The molecule has 0 unspecified atom stereocenters. The van der Waals surface area contributed by atoms with Crippen LogP contribution < -0.4 is 10.6 Å².